The van der Waals surface area contributed by atoms with Crippen LogP contribution in [-0.4, -0.2) is 31.3 Å². The summed E-state index contributed by atoms with van der Waals surface area (Å²) in [5.41, 5.74) is 7.66. The third-order valence-electron chi connectivity index (χ3n) is 3.11. The van der Waals surface area contributed by atoms with Crippen molar-refractivity contribution in [3.8, 4) is 6.07 Å². The van der Waals surface area contributed by atoms with Gasteiger partial charge < -0.3 is 4.74 Å². The molecular weight excluding hydrogens is 218 g/mol. The van der Waals surface area contributed by atoms with Gasteiger partial charge in [-0.3, -0.25) is 5.32 Å². The summed E-state index contributed by atoms with van der Waals surface area (Å²) in [6.45, 7) is 5.69. The number of rotatable bonds is 5. The fourth-order valence-electron chi connectivity index (χ4n) is 2.01. The Morgan fingerprint density at radius 3 is 3.06 bits per heavy atom. The van der Waals surface area contributed by atoms with Crippen LogP contribution >= 0.6 is 0 Å². The first-order chi connectivity index (χ1) is 8.13. The molecule has 0 aromatic carbocycles. The highest BCUT2D eigenvalue weighted by Crippen LogP contribution is 2.28. The maximum Gasteiger partial charge on any atom is 0.111 e. The van der Waals surface area contributed by atoms with Gasteiger partial charge in [0.25, 0.3) is 0 Å². The fraction of sp³-hybridized carbons (Fsp3) is 0.909. The van der Waals surface area contributed by atoms with Crippen LogP contribution in [0.1, 0.15) is 26.7 Å². The molecule has 0 aromatic rings. The topological polar surface area (TPSA) is 93.8 Å². The van der Waals surface area contributed by atoms with E-state index in [0.29, 0.717) is 38.5 Å². The second kappa shape index (κ2) is 6.45. The van der Waals surface area contributed by atoms with Gasteiger partial charge in [-0.2, -0.15) is 5.26 Å². The number of nitriles is 1. The van der Waals surface area contributed by atoms with Crippen LogP contribution in [0.5, 0.6) is 0 Å². The lowest BCUT2D eigenvalue weighted by Gasteiger charge is -2.38. The number of hydrogen-bond donors (Lipinski definition) is 1. The first kappa shape index (κ1) is 13.8. The van der Waals surface area contributed by atoms with Gasteiger partial charge in [0.1, 0.15) is 5.54 Å². The van der Waals surface area contributed by atoms with Crippen molar-refractivity contribution in [3.05, 3.63) is 10.4 Å². The molecule has 1 aliphatic heterocycles. The minimum Gasteiger partial charge on any atom is -0.378 e. The van der Waals surface area contributed by atoms with Crippen molar-refractivity contribution in [1.82, 2.24) is 5.32 Å². The van der Waals surface area contributed by atoms with E-state index in [2.05, 4.69) is 35.3 Å². The third kappa shape index (κ3) is 3.90. The molecule has 6 heteroatoms. The molecule has 0 bridgehead atoms. The Morgan fingerprint density at radius 2 is 2.47 bits per heavy atom. The van der Waals surface area contributed by atoms with Gasteiger partial charge in [-0.1, -0.05) is 19.0 Å². The first-order valence-electron chi connectivity index (χ1n) is 5.92. The predicted molar refractivity (Wildman–Crippen MR) is 64.2 cm³/mol. The Bertz CT molecular complexity index is 331. The molecule has 94 valence electrons. The van der Waals surface area contributed by atoms with Gasteiger partial charge in [-0.15, -0.1) is 0 Å². The number of hydrogen-bond acceptors (Lipinski definition) is 4. The zero-order valence-electron chi connectivity index (χ0n) is 10.4. The Labute approximate surface area is 102 Å². The Hall–Kier alpha value is -1.28. The number of nitrogens with one attached hydrogen (secondary N) is 1. The first-order valence-corrected chi connectivity index (χ1v) is 5.92. The highest BCUT2D eigenvalue weighted by atomic mass is 16.5. The molecule has 0 aliphatic carbocycles. The van der Waals surface area contributed by atoms with Gasteiger partial charge in [-0.05, 0) is 11.4 Å². The van der Waals surface area contributed by atoms with E-state index in [9.17, 15) is 5.26 Å². The van der Waals surface area contributed by atoms with Crippen LogP contribution in [0.4, 0.5) is 0 Å². The van der Waals surface area contributed by atoms with Crippen LogP contribution in [0.25, 0.3) is 10.4 Å². The van der Waals surface area contributed by atoms with E-state index in [1.165, 1.54) is 0 Å². The van der Waals surface area contributed by atoms with Crippen LogP contribution in [0.3, 0.4) is 0 Å². The molecule has 2 unspecified atom stereocenters. The van der Waals surface area contributed by atoms with Crippen LogP contribution in [0.15, 0.2) is 5.11 Å². The van der Waals surface area contributed by atoms with Crippen molar-refractivity contribution in [2.24, 2.45) is 11.0 Å². The molecule has 1 heterocycles. The van der Waals surface area contributed by atoms with E-state index >= 15 is 0 Å². The largest absolute Gasteiger partial charge is 0.378 e. The maximum atomic E-state index is 9.33. The van der Waals surface area contributed by atoms with Gasteiger partial charge in [0, 0.05) is 37.4 Å². The summed E-state index contributed by atoms with van der Waals surface area (Å²) >= 11 is 0. The Morgan fingerprint density at radius 1 is 1.71 bits per heavy atom. The van der Waals surface area contributed by atoms with E-state index in [1.54, 1.807) is 0 Å². The van der Waals surface area contributed by atoms with Crippen LogP contribution in [-0.2, 0) is 4.74 Å². The third-order valence-corrected chi connectivity index (χ3v) is 3.11. The van der Waals surface area contributed by atoms with E-state index in [-0.39, 0.29) is 6.10 Å². The highest BCUT2D eigenvalue weighted by Gasteiger charge is 2.37. The van der Waals surface area contributed by atoms with Crippen molar-refractivity contribution in [2.75, 3.05) is 19.7 Å². The van der Waals surface area contributed by atoms with Crippen molar-refractivity contribution >= 4 is 0 Å². The SMILES string of the molecule is CC(C)C1CC(C#N)(NCCN=[N+]=[N-])CCO1. The number of ether oxygens (including phenoxy) is 1. The molecule has 1 N–H and O–H groups in total. The van der Waals surface area contributed by atoms with Gasteiger partial charge in [0.05, 0.1) is 12.2 Å². The van der Waals surface area contributed by atoms with E-state index in [4.69, 9.17) is 10.3 Å². The molecule has 0 saturated carbocycles. The zero-order valence-corrected chi connectivity index (χ0v) is 10.4. The quantitative estimate of drug-likeness (QED) is 0.343. The van der Waals surface area contributed by atoms with E-state index in [1.807, 2.05) is 0 Å². The lowest BCUT2D eigenvalue weighted by molar-refractivity contribution is -0.0382. The minimum atomic E-state index is -0.530. The average molecular weight is 237 g/mol. The Kier molecular flexibility index (Phi) is 5.23. The summed E-state index contributed by atoms with van der Waals surface area (Å²) < 4.78 is 5.65. The fourth-order valence-corrected chi connectivity index (χ4v) is 2.01. The van der Waals surface area contributed by atoms with Crippen LogP contribution in [0.2, 0.25) is 0 Å². The minimum absolute atomic E-state index is 0.121. The standard InChI is InChI=1S/C11H19N5O/c1-9(2)10-7-11(8-12,3-6-17-10)14-4-5-15-16-13/h9-10,14H,3-7H2,1-2H3. The normalized spacial score (nSPS) is 28.5. The summed E-state index contributed by atoms with van der Waals surface area (Å²) in [6.07, 6.45) is 1.50. The van der Waals surface area contributed by atoms with Crippen molar-refractivity contribution in [1.29, 1.82) is 5.26 Å². The van der Waals surface area contributed by atoms with E-state index < -0.39 is 5.54 Å². The Balaban J connectivity index is 2.55. The average Bonchev–Trinajstić information content (AvgIpc) is 2.35. The second-order valence-corrected chi connectivity index (χ2v) is 4.68. The molecule has 1 rings (SSSR count). The van der Waals surface area contributed by atoms with Crippen LogP contribution < -0.4 is 5.32 Å². The maximum absolute atomic E-state index is 9.33. The zero-order chi connectivity index (χ0) is 12.7. The van der Waals surface area contributed by atoms with Gasteiger partial charge in [0.2, 0.25) is 0 Å². The second-order valence-electron chi connectivity index (χ2n) is 4.68. The number of azide groups is 1. The van der Waals surface area contributed by atoms with E-state index in [0.717, 1.165) is 0 Å². The highest BCUT2D eigenvalue weighted by molar-refractivity contribution is 5.10. The van der Waals surface area contributed by atoms with Crippen molar-refractivity contribution in [3.63, 3.8) is 0 Å². The summed E-state index contributed by atoms with van der Waals surface area (Å²) in [6, 6.07) is 2.35. The lowest BCUT2D eigenvalue weighted by Crippen LogP contribution is -2.52. The molecule has 6 nitrogen and oxygen atoms in total. The lowest BCUT2D eigenvalue weighted by atomic mass is 9.84. The molecule has 1 aliphatic rings. The summed E-state index contributed by atoms with van der Waals surface area (Å²) in [5.74, 6) is 0.405. The van der Waals surface area contributed by atoms with Crippen LogP contribution in [0, 0.1) is 17.2 Å². The molecule has 0 amide bonds. The van der Waals surface area contributed by atoms with Crippen molar-refractivity contribution in [2.45, 2.75) is 38.3 Å². The van der Waals surface area contributed by atoms with Crippen molar-refractivity contribution < 1.29 is 4.74 Å². The molecule has 0 aromatic heterocycles. The molecule has 2 atom stereocenters. The molecule has 0 spiro atoms. The van der Waals surface area contributed by atoms with Gasteiger partial charge in [-0.25, -0.2) is 0 Å². The summed E-state index contributed by atoms with van der Waals surface area (Å²) in [5, 5.41) is 16.0. The number of nitrogens with zero attached hydrogens (tertiary/aromatic N) is 4. The molecule has 0 radical (unpaired) electrons. The molecule has 1 saturated heterocycles. The monoisotopic (exact) mass is 237 g/mol. The predicted octanol–water partition coefficient (Wildman–Crippen LogP) is 1.98. The molecule has 1 fully saturated rings. The smallest absolute Gasteiger partial charge is 0.111 e. The molecular formula is C11H19N5O. The summed E-state index contributed by atoms with van der Waals surface area (Å²) in [4.78, 5) is 2.69. The molecule has 17 heavy (non-hydrogen) atoms. The van der Waals surface area contributed by atoms with Gasteiger partial charge in [0.15, 0.2) is 0 Å². The van der Waals surface area contributed by atoms with Gasteiger partial charge >= 0.3 is 0 Å². The summed E-state index contributed by atoms with van der Waals surface area (Å²) in [7, 11) is 0.